The van der Waals surface area contributed by atoms with Crippen molar-refractivity contribution in [2.45, 2.75) is 49.5 Å². The highest BCUT2D eigenvalue weighted by molar-refractivity contribution is 7.90. The zero-order valence-electron chi connectivity index (χ0n) is 23.7. The smallest absolute Gasteiger partial charge is 0.285 e. The number of aryl methyl sites for hydroxylation is 1. The Hall–Kier alpha value is -4.49. The number of ether oxygens (including phenoxy) is 1. The minimum Gasteiger partial charge on any atom is -0.444 e. The molecular formula is C35H33N3O3S. The van der Waals surface area contributed by atoms with Crippen LogP contribution in [-0.4, -0.2) is 25.6 Å². The number of hydrazone groups is 1. The van der Waals surface area contributed by atoms with Crippen LogP contribution in [0.4, 0.5) is 5.69 Å². The van der Waals surface area contributed by atoms with Gasteiger partial charge in [0.05, 0.1) is 22.2 Å². The van der Waals surface area contributed by atoms with Crippen molar-refractivity contribution in [3.05, 3.63) is 144 Å². The summed E-state index contributed by atoms with van der Waals surface area (Å²) in [6.45, 7) is 4.04. The molecule has 0 radical (unpaired) electrons. The van der Waals surface area contributed by atoms with Crippen molar-refractivity contribution in [2.24, 2.45) is 9.50 Å². The van der Waals surface area contributed by atoms with Gasteiger partial charge in [-0.15, -0.1) is 4.40 Å². The second-order valence-electron chi connectivity index (χ2n) is 10.7. The fraction of sp³-hybridized carbons (Fsp3) is 0.200. The molecule has 0 saturated heterocycles. The van der Waals surface area contributed by atoms with E-state index >= 15 is 0 Å². The third kappa shape index (κ3) is 5.05. The molecule has 6 nitrogen and oxygen atoms in total. The second kappa shape index (κ2) is 11.4. The van der Waals surface area contributed by atoms with Crippen LogP contribution < -0.4 is 5.01 Å². The number of anilines is 1. The van der Waals surface area contributed by atoms with Crippen molar-refractivity contribution in [2.75, 3.05) is 5.01 Å². The van der Waals surface area contributed by atoms with E-state index in [4.69, 9.17) is 9.84 Å². The predicted molar refractivity (Wildman–Crippen MR) is 168 cm³/mol. The minimum absolute atomic E-state index is 0.0987. The molecule has 4 aromatic carbocycles. The third-order valence-electron chi connectivity index (χ3n) is 7.73. The average molecular weight is 576 g/mol. The molecule has 0 fully saturated rings. The van der Waals surface area contributed by atoms with Gasteiger partial charge in [0.25, 0.3) is 10.0 Å². The Bertz CT molecular complexity index is 1750. The van der Waals surface area contributed by atoms with Crippen LogP contribution in [0.15, 0.2) is 141 Å². The predicted octanol–water partition coefficient (Wildman–Crippen LogP) is 7.63. The summed E-state index contributed by atoms with van der Waals surface area (Å²) in [6.07, 6.45) is 4.58. The maximum atomic E-state index is 13.9. The van der Waals surface area contributed by atoms with Crippen LogP contribution in [0.25, 0.3) is 0 Å². The third-order valence-corrected chi connectivity index (χ3v) is 9.00. The molecule has 6 rings (SSSR count). The number of hydrogen-bond donors (Lipinski definition) is 0. The standard InChI is InChI=1S/C35H33N3O3S/c1-3-4-20-30-25-35(34(41-30)37-42(39,40)31-23-21-26(2)22-24-31)32(27-14-8-5-9-15-27)33(28-16-10-6-11-17-28)36-38(35)29-18-12-7-13-19-29/h5-19,21-25,32H,3-4,20H2,1-2H3. The topological polar surface area (TPSA) is 71.3 Å². The van der Waals surface area contributed by atoms with Crippen LogP contribution in [0.2, 0.25) is 0 Å². The molecule has 2 aliphatic rings. The van der Waals surface area contributed by atoms with Crippen molar-refractivity contribution in [1.82, 2.24) is 0 Å². The molecule has 7 heteroatoms. The van der Waals surface area contributed by atoms with Crippen molar-refractivity contribution < 1.29 is 13.2 Å². The summed E-state index contributed by atoms with van der Waals surface area (Å²) < 4.78 is 38.7. The van der Waals surface area contributed by atoms with Crippen LogP contribution in [0.5, 0.6) is 0 Å². The molecule has 0 amide bonds. The van der Waals surface area contributed by atoms with Crippen molar-refractivity contribution in [3.63, 3.8) is 0 Å². The van der Waals surface area contributed by atoms with E-state index in [9.17, 15) is 8.42 Å². The molecule has 0 aliphatic carbocycles. The van der Waals surface area contributed by atoms with Gasteiger partial charge >= 0.3 is 0 Å². The fourth-order valence-electron chi connectivity index (χ4n) is 5.65. The molecule has 0 bridgehead atoms. The lowest BCUT2D eigenvalue weighted by molar-refractivity contribution is 0.387. The number of hydrogen-bond acceptors (Lipinski definition) is 5. The van der Waals surface area contributed by atoms with E-state index in [1.54, 1.807) is 24.3 Å². The molecule has 2 unspecified atom stereocenters. The highest BCUT2D eigenvalue weighted by atomic mass is 32.2. The highest BCUT2D eigenvalue weighted by Crippen LogP contribution is 2.50. The van der Waals surface area contributed by atoms with Gasteiger partial charge in [-0.1, -0.05) is 110 Å². The van der Waals surface area contributed by atoms with Crippen LogP contribution in [-0.2, 0) is 14.8 Å². The Morgan fingerprint density at radius 3 is 2.12 bits per heavy atom. The van der Waals surface area contributed by atoms with E-state index in [0.29, 0.717) is 12.2 Å². The number of unbranched alkanes of at least 4 members (excludes halogenated alkanes) is 1. The van der Waals surface area contributed by atoms with Crippen molar-refractivity contribution >= 4 is 27.3 Å². The van der Waals surface area contributed by atoms with Gasteiger partial charge in [0, 0.05) is 6.42 Å². The monoisotopic (exact) mass is 575 g/mol. The summed E-state index contributed by atoms with van der Waals surface area (Å²) in [5.74, 6) is 0.384. The van der Waals surface area contributed by atoms with Gasteiger partial charge in [-0.3, -0.25) is 0 Å². The van der Waals surface area contributed by atoms with E-state index in [0.717, 1.165) is 40.9 Å². The number of nitrogens with zero attached hydrogens (tertiary/aromatic N) is 3. The molecule has 2 aliphatic heterocycles. The van der Waals surface area contributed by atoms with Gasteiger partial charge in [-0.05, 0) is 54.8 Å². The van der Waals surface area contributed by atoms with Crippen LogP contribution >= 0.6 is 0 Å². The summed E-state index contributed by atoms with van der Waals surface area (Å²) in [5, 5.41) is 7.15. The molecule has 42 heavy (non-hydrogen) atoms. The van der Waals surface area contributed by atoms with E-state index in [-0.39, 0.29) is 10.8 Å². The molecule has 2 atom stereocenters. The maximum absolute atomic E-state index is 13.9. The number of rotatable bonds is 8. The first kappa shape index (κ1) is 27.7. The van der Waals surface area contributed by atoms with Gasteiger partial charge in [0.15, 0.2) is 5.54 Å². The van der Waals surface area contributed by atoms with Crippen molar-refractivity contribution in [3.8, 4) is 0 Å². The Morgan fingerprint density at radius 1 is 0.857 bits per heavy atom. The molecule has 1 spiro atoms. The average Bonchev–Trinajstić information content (AvgIpc) is 3.55. The Labute approximate surface area is 247 Å². The molecule has 0 N–H and O–H groups in total. The van der Waals surface area contributed by atoms with Gasteiger partial charge < -0.3 is 4.74 Å². The first-order chi connectivity index (χ1) is 20.4. The highest BCUT2D eigenvalue weighted by Gasteiger charge is 2.60. The number of benzene rings is 4. The van der Waals surface area contributed by atoms with Crippen LogP contribution in [0.1, 0.15) is 48.8 Å². The molecular weight excluding hydrogens is 542 g/mol. The zero-order chi connectivity index (χ0) is 29.2. The molecule has 4 aromatic rings. The second-order valence-corrected chi connectivity index (χ2v) is 12.3. The molecule has 2 heterocycles. The van der Waals surface area contributed by atoms with Crippen LogP contribution in [0, 0.1) is 6.92 Å². The molecule has 0 saturated carbocycles. The Kier molecular flexibility index (Phi) is 7.52. The van der Waals surface area contributed by atoms with Gasteiger partial charge in [-0.2, -0.15) is 13.5 Å². The van der Waals surface area contributed by atoms with Gasteiger partial charge in [0.1, 0.15) is 5.76 Å². The summed E-state index contributed by atoms with van der Waals surface area (Å²) in [7, 11) is -4.11. The van der Waals surface area contributed by atoms with Gasteiger partial charge in [-0.25, -0.2) is 5.01 Å². The van der Waals surface area contributed by atoms with Gasteiger partial charge in [0.2, 0.25) is 5.90 Å². The zero-order valence-corrected chi connectivity index (χ0v) is 24.5. The fourth-order valence-corrected chi connectivity index (χ4v) is 6.64. The Morgan fingerprint density at radius 2 is 1.48 bits per heavy atom. The number of allylic oxidation sites excluding steroid dienone is 1. The summed E-state index contributed by atoms with van der Waals surface area (Å²) in [6, 6.07) is 36.6. The van der Waals surface area contributed by atoms with E-state index in [2.05, 4.69) is 29.5 Å². The maximum Gasteiger partial charge on any atom is 0.285 e. The first-order valence-electron chi connectivity index (χ1n) is 14.3. The van der Waals surface area contributed by atoms with E-state index in [1.807, 2.05) is 90.8 Å². The summed E-state index contributed by atoms with van der Waals surface area (Å²) >= 11 is 0. The quantitative estimate of drug-likeness (QED) is 0.217. The SMILES string of the molecule is CCCCC1=CC2(C(=NS(=O)(=O)c3ccc(C)cc3)O1)C(c1ccccc1)C(c1ccccc1)=NN2c1ccccc1. The van der Waals surface area contributed by atoms with Crippen LogP contribution in [0.3, 0.4) is 0 Å². The van der Waals surface area contributed by atoms with Crippen molar-refractivity contribution in [1.29, 1.82) is 0 Å². The lowest BCUT2D eigenvalue weighted by Crippen LogP contribution is -2.51. The largest absolute Gasteiger partial charge is 0.444 e. The normalized spacial score (nSPS) is 21.0. The Balaban J connectivity index is 1.64. The lowest BCUT2D eigenvalue weighted by Gasteiger charge is -2.36. The number of sulfonamides is 1. The number of para-hydroxylation sites is 1. The minimum atomic E-state index is -4.11. The first-order valence-corrected chi connectivity index (χ1v) is 15.7. The van der Waals surface area contributed by atoms with E-state index in [1.165, 1.54) is 0 Å². The molecule has 212 valence electrons. The summed E-state index contributed by atoms with van der Waals surface area (Å²) in [4.78, 5) is 0.117. The molecule has 0 aromatic heterocycles. The summed E-state index contributed by atoms with van der Waals surface area (Å²) in [5.41, 5.74) is 3.35. The lowest BCUT2D eigenvalue weighted by atomic mass is 9.75. The van der Waals surface area contributed by atoms with E-state index < -0.39 is 21.5 Å².